The zero-order valence-corrected chi connectivity index (χ0v) is 15.2. The maximum Gasteiger partial charge on any atom is 0.227 e. The van der Waals surface area contributed by atoms with Crippen molar-refractivity contribution in [3.63, 3.8) is 0 Å². The van der Waals surface area contributed by atoms with Crippen molar-refractivity contribution in [3.8, 4) is 0 Å². The molecule has 8 heteroatoms. The number of imidazole rings is 1. The summed E-state index contributed by atoms with van der Waals surface area (Å²) in [5.74, 6) is 1.66. The lowest BCUT2D eigenvalue weighted by atomic mass is 9.97. The first kappa shape index (κ1) is 17.4. The zero-order chi connectivity index (χ0) is 18.6. The zero-order valence-electron chi connectivity index (χ0n) is 15.2. The molecule has 27 heavy (non-hydrogen) atoms. The maximum absolute atomic E-state index is 13.7. The van der Waals surface area contributed by atoms with E-state index >= 15 is 0 Å². The number of aromatic nitrogens is 5. The second-order valence-corrected chi connectivity index (χ2v) is 6.68. The van der Waals surface area contributed by atoms with Crippen LogP contribution in [0.3, 0.4) is 0 Å². The fraction of sp³-hybridized carbons (Fsp3) is 0.368. The van der Waals surface area contributed by atoms with E-state index in [4.69, 9.17) is 0 Å². The molecule has 7 nitrogen and oxygen atoms in total. The van der Waals surface area contributed by atoms with Crippen LogP contribution in [0.15, 0.2) is 43.1 Å². The van der Waals surface area contributed by atoms with Crippen molar-refractivity contribution in [1.29, 1.82) is 0 Å². The lowest BCUT2D eigenvalue weighted by Crippen LogP contribution is -2.36. The van der Waals surface area contributed by atoms with Crippen LogP contribution >= 0.6 is 0 Å². The van der Waals surface area contributed by atoms with E-state index in [2.05, 4.69) is 40.8 Å². The van der Waals surface area contributed by atoms with E-state index in [9.17, 15) is 4.39 Å². The Kier molecular flexibility index (Phi) is 4.95. The van der Waals surface area contributed by atoms with Gasteiger partial charge in [0.2, 0.25) is 5.95 Å². The van der Waals surface area contributed by atoms with Gasteiger partial charge in [0.1, 0.15) is 5.82 Å². The van der Waals surface area contributed by atoms with Gasteiger partial charge >= 0.3 is 0 Å². The summed E-state index contributed by atoms with van der Waals surface area (Å²) in [4.78, 5) is 19.4. The van der Waals surface area contributed by atoms with Crippen LogP contribution < -0.4 is 10.2 Å². The summed E-state index contributed by atoms with van der Waals surface area (Å²) in [6.45, 7) is 2.37. The summed E-state index contributed by atoms with van der Waals surface area (Å²) < 4.78 is 15.8. The first-order valence-corrected chi connectivity index (χ1v) is 9.10. The van der Waals surface area contributed by atoms with Crippen LogP contribution in [0.5, 0.6) is 0 Å². The van der Waals surface area contributed by atoms with E-state index in [1.807, 2.05) is 24.7 Å². The number of halogens is 1. The fourth-order valence-electron chi connectivity index (χ4n) is 3.56. The van der Waals surface area contributed by atoms with Gasteiger partial charge < -0.3 is 14.8 Å². The Bertz CT molecular complexity index is 896. The molecule has 1 unspecified atom stereocenters. The van der Waals surface area contributed by atoms with Gasteiger partial charge in [-0.15, -0.1) is 0 Å². The summed E-state index contributed by atoms with van der Waals surface area (Å²) in [5, 5.41) is 2.77. The summed E-state index contributed by atoms with van der Waals surface area (Å²) in [6.07, 6.45) is 10.8. The molecule has 0 amide bonds. The summed E-state index contributed by atoms with van der Waals surface area (Å²) in [5.41, 5.74) is 1.14. The van der Waals surface area contributed by atoms with Crippen molar-refractivity contribution in [1.82, 2.24) is 24.5 Å². The van der Waals surface area contributed by atoms with E-state index in [0.717, 1.165) is 43.9 Å². The largest absolute Gasteiger partial charge is 0.371 e. The fourth-order valence-corrected chi connectivity index (χ4v) is 3.56. The van der Waals surface area contributed by atoms with Gasteiger partial charge in [-0.05, 0) is 24.5 Å². The first-order valence-electron chi connectivity index (χ1n) is 9.10. The number of rotatable bonds is 5. The average Bonchev–Trinajstić information content (AvgIpc) is 3.17. The van der Waals surface area contributed by atoms with Gasteiger partial charge in [0, 0.05) is 50.8 Å². The minimum atomic E-state index is -0.443. The van der Waals surface area contributed by atoms with Crippen molar-refractivity contribution in [3.05, 3.63) is 60.3 Å². The highest BCUT2D eigenvalue weighted by atomic mass is 19.1. The SMILES string of the molecule is CNc1nc(N2CCCC(c3nccn3Cc3cccnc3)C2)ncc1F. The third-order valence-electron chi connectivity index (χ3n) is 4.86. The maximum atomic E-state index is 13.7. The molecule has 1 saturated heterocycles. The number of pyridine rings is 1. The van der Waals surface area contributed by atoms with Gasteiger partial charge in [-0.1, -0.05) is 6.07 Å². The molecule has 3 aromatic rings. The van der Waals surface area contributed by atoms with E-state index in [0.29, 0.717) is 5.95 Å². The Morgan fingerprint density at radius 3 is 3.00 bits per heavy atom. The normalized spacial score (nSPS) is 17.1. The lowest BCUT2D eigenvalue weighted by Gasteiger charge is -2.32. The third-order valence-corrected chi connectivity index (χ3v) is 4.86. The van der Waals surface area contributed by atoms with Gasteiger partial charge in [-0.2, -0.15) is 4.98 Å². The van der Waals surface area contributed by atoms with Crippen LogP contribution in [-0.2, 0) is 6.54 Å². The average molecular weight is 367 g/mol. The molecule has 140 valence electrons. The van der Waals surface area contributed by atoms with E-state index in [-0.39, 0.29) is 11.7 Å². The molecule has 1 fully saturated rings. The molecule has 0 radical (unpaired) electrons. The highest BCUT2D eigenvalue weighted by Crippen LogP contribution is 2.28. The monoisotopic (exact) mass is 367 g/mol. The molecule has 0 aliphatic carbocycles. The van der Waals surface area contributed by atoms with E-state index in [1.54, 1.807) is 13.2 Å². The molecule has 0 aromatic carbocycles. The second-order valence-electron chi connectivity index (χ2n) is 6.68. The first-order chi connectivity index (χ1) is 13.2. The molecule has 3 aromatic heterocycles. The molecular formula is C19H22FN7. The van der Waals surface area contributed by atoms with Crippen LogP contribution in [0.4, 0.5) is 16.2 Å². The highest BCUT2D eigenvalue weighted by Gasteiger charge is 2.26. The summed E-state index contributed by atoms with van der Waals surface area (Å²) in [7, 11) is 1.66. The minimum absolute atomic E-state index is 0.222. The Hall–Kier alpha value is -3.03. The number of anilines is 2. The predicted octanol–water partition coefficient (Wildman–Crippen LogP) is 2.68. The van der Waals surface area contributed by atoms with Gasteiger partial charge in [0.15, 0.2) is 11.6 Å². The second kappa shape index (κ2) is 7.69. The van der Waals surface area contributed by atoms with Gasteiger partial charge in [0.25, 0.3) is 0 Å². The van der Waals surface area contributed by atoms with Gasteiger partial charge in [-0.3, -0.25) is 4.98 Å². The molecule has 1 aliphatic rings. The molecule has 1 aliphatic heterocycles. The summed E-state index contributed by atoms with van der Waals surface area (Å²) in [6, 6.07) is 4.01. The number of hydrogen-bond acceptors (Lipinski definition) is 6. The quantitative estimate of drug-likeness (QED) is 0.748. The van der Waals surface area contributed by atoms with Crippen molar-refractivity contribution in [2.75, 3.05) is 30.4 Å². The number of nitrogens with zero attached hydrogens (tertiary/aromatic N) is 6. The Labute approximate surface area is 157 Å². The van der Waals surface area contributed by atoms with Gasteiger partial charge in [0.05, 0.1) is 12.7 Å². The van der Waals surface area contributed by atoms with Crippen LogP contribution in [-0.4, -0.2) is 44.6 Å². The molecule has 0 bridgehead atoms. The smallest absolute Gasteiger partial charge is 0.227 e. The van der Waals surface area contributed by atoms with E-state index in [1.165, 1.54) is 6.20 Å². The molecule has 1 atom stereocenters. The van der Waals surface area contributed by atoms with Crippen LogP contribution in [0.25, 0.3) is 0 Å². The van der Waals surface area contributed by atoms with Crippen molar-refractivity contribution >= 4 is 11.8 Å². The molecule has 4 heterocycles. The topological polar surface area (TPSA) is 71.8 Å². The Morgan fingerprint density at radius 2 is 2.19 bits per heavy atom. The van der Waals surface area contributed by atoms with Crippen molar-refractivity contribution in [2.24, 2.45) is 0 Å². The number of piperidine rings is 1. The Balaban J connectivity index is 1.53. The van der Waals surface area contributed by atoms with Crippen molar-refractivity contribution < 1.29 is 4.39 Å². The standard InChI is InChI=1S/C19H22FN7/c1-21-17-16(20)11-24-19(25-17)27-8-3-5-15(13-27)18-23-7-9-26(18)12-14-4-2-6-22-10-14/h2,4,6-7,9-11,15H,3,5,8,12-13H2,1H3,(H,21,24,25). The number of hydrogen-bond donors (Lipinski definition) is 1. The van der Waals surface area contributed by atoms with Gasteiger partial charge in [-0.25, -0.2) is 14.4 Å². The molecule has 0 saturated carbocycles. The molecule has 0 spiro atoms. The van der Waals surface area contributed by atoms with Crippen LogP contribution in [0, 0.1) is 5.82 Å². The Morgan fingerprint density at radius 1 is 1.26 bits per heavy atom. The van der Waals surface area contributed by atoms with Crippen LogP contribution in [0.2, 0.25) is 0 Å². The highest BCUT2D eigenvalue weighted by molar-refractivity contribution is 5.42. The minimum Gasteiger partial charge on any atom is -0.371 e. The lowest BCUT2D eigenvalue weighted by molar-refractivity contribution is 0.470. The van der Waals surface area contributed by atoms with Crippen LogP contribution in [0.1, 0.15) is 30.1 Å². The molecule has 4 rings (SSSR count). The molecular weight excluding hydrogens is 345 g/mol. The van der Waals surface area contributed by atoms with E-state index < -0.39 is 5.82 Å². The third kappa shape index (κ3) is 3.74. The number of nitrogens with one attached hydrogen (secondary N) is 1. The summed E-state index contributed by atoms with van der Waals surface area (Å²) >= 11 is 0. The molecule has 1 N–H and O–H groups in total. The van der Waals surface area contributed by atoms with Crippen molar-refractivity contribution in [2.45, 2.75) is 25.3 Å². The predicted molar refractivity (Wildman–Crippen MR) is 101 cm³/mol.